The van der Waals surface area contributed by atoms with Crippen molar-refractivity contribution in [1.29, 1.82) is 0 Å². The van der Waals surface area contributed by atoms with Crippen molar-refractivity contribution in [3.8, 4) is 5.69 Å². The monoisotopic (exact) mass is 469 g/mol. The Kier molecular flexibility index (Phi) is 5.83. The summed E-state index contributed by atoms with van der Waals surface area (Å²) in [5.74, 6) is -0.442. The molecule has 6 nitrogen and oxygen atoms in total. The first-order valence-corrected chi connectivity index (χ1v) is 9.56. The Bertz CT molecular complexity index is 1040. The molecule has 10 heteroatoms. The summed E-state index contributed by atoms with van der Waals surface area (Å²) in [5, 5.41) is 10.8. The Morgan fingerprint density at radius 3 is 2.34 bits per heavy atom. The normalized spacial score (nSPS) is 11.7. The number of aromatic nitrogens is 4. The number of para-hydroxylation sites is 1. The van der Waals surface area contributed by atoms with Crippen LogP contribution in [0.4, 0.5) is 13.2 Å². The molecule has 0 saturated carbocycles. The number of aryl methyl sites for hydroxylation is 1. The fourth-order valence-corrected chi connectivity index (χ4v) is 3.50. The van der Waals surface area contributed by atoms with E-state index in [9.17, 15) is 18.0 Å². The molecule has 2 aromatic heterocycles. The average molecular weight is 470 g/mol. The highest BCUT2D eigenvalue weighted by molar-refractivity contribution is 9.10. The third-order valence-electron chi connectivity index (χ3n) is 4.60. The zero-order valence-corrected chi connectivity index (χ0v) is 17.6. The number of nitrogens with zero attached hydrogens (tertiary/aromatic N) is 4. The fourth-order valence-electron chi connectivity index (χ4n) is 2.99. The average Bonchev–Trinajstić information content (AvgIpc) is 3.11. The van der Waals surface area contributed by atoms with Gasteiger partial charge >= 0.3 is 6.18 Å². The van der Waals surface area contributed by atoms with E-state index in [1.165, 1.54) is 6.92 Å². The minimum atomic E-state index is -4.59. The second-order valence-electron chi connectivity index (χ2n) is 6.58. The van der Waals surface area contributed by atoms with Gasteiger partial charge in [0.25, 0.3) is 0 Å². The molecule has 29 heavy (non-hydrogen) atoms. The van der Waals surface area contributed by atoms with E-state index in [1.807, 2.05) is 44.2 Å². The molecule has 2 heterocycles. The van der Waals surface area contributed by atoms with E-state index in [-0.39, 0.29) is 23.3 Å². The molecule has 0 aliphatic rings. The fraction of sp³-hybridized carbons (Fsp3) is 0.316. The van der Waals surface area contributed by atoms with Crippen LogP contribution in [0.15, 0.2) is 34.8 Å². The molecule has 1 aromatic carbocycles. The van der Waals surface area contributed by atoms with Crippen LogP contribution in [0.2, 0.25) is 0 Å². The van der Waals surface area contributed by atoms with Gasteiger partial charge in [-0.05, 0) is 48.8 Å². The maximum Gasteiger partial charge on any atom is 0.436 e. The van der Waals surface area contributed by atoms with Gasteiger partial charge in [0.2, 0.25) is 5.91 Å². The Hall–Kier alpha value is -2.62. The number of nitrogens with one attached hydrogen (secondary N) is 1. The molecular formula is C19H19BrF3N5O. The van der Waals surface area contributed by atoms with Crippen LogP contribution in [0.25, 0.3) is 5.69 Å². The van der Waals surface area contributed by atoms with Crippen LogP contribution in [-0.4, -0.2) is 25.5 Å². The van der Waals surface area contributed by atoms with Crippen LogP contribution >= 0.6 is 15.9 Å². The number of hydrogen-bond acceptors (Lipinski definition) is 3. The van der Waals surface area contributed by atoms with Gasteiger partial charge < -0.3 is 5.32 Å². The first-order chi connectivity index (χ1) is 13.6. The van der Waals surface area contributed by atoms with E-state index in [0.29, 0.717) is 0 Å². The molecule has 1 N–H and O–H groups in total. The third kappa shape index (κ3) is 4.36. The Morgan fingerprint density at radius 1 is 1.10 bits per heavy atom. The van der Waals surface area contributed by atoms with Gasteiger partial charge in [0.05, 0.1) is 21.5 Å². The predicted molar refractivity (Wildman–Crippen MR) is 105 cm³/mol. The molecule has 0 radical (unpaired) electrons. The quantitative estimate of drug-likeness (QED) is 0.611. The minimum Gasteiger partial charge on any atom is -0.350 e. The molecule has 3 rings (SSSR count). The van der Waals surface area contributed by atoms with Gasteiger partial charge in [-0.15, -0.1) is 0 Å². The summed E-state index contributed by atoms with van der Waals surface area (Å²) in [5.41, 5.74) is 2.60. The Balaban J connectivity index is 1.72. The number of amides is 1. The van der Waals surface area contributed by atoms with Gasteiger partial charge in [0.1, 0.15) is 6.54 Å². The van der Waals surface area contributed by atoms with Crippen molar-refractivity contribution in [1.82, 2.24) is 24.9 Å². The van der Waals surface area contributed by atoms with Gasteiger partial charge in [0, 0.05) is 17.8 Å². The minimum absolute atomic E-state index is 0.159. The van der Waals surface area contributed by atoms with Crippen LogP contribution in [0, 0.1) is 20.8 Å². The van der Waals surface area contributed by atoms with Gasteiger partial charge in [-0.1, -0.05) is 18.2 Å². The second-order valence-corrected chi connectivity index (χ2v) is 7.37. The summed E-state index contributed by atoms with van der Waals surface area (Å²) < 4.78 is 41.6. The van der Waals surface area contributed by atoms with E-state index in [1.54, 1.807) is 4.68 Å². The number of halogens is 4. The molecule has 1 amide bonds. The molecule has 0 bridgehead atoms. The predicted octanol–water partition coefficient (Wildman–Crippen LogP) is 4.09. The lowest BCUT2D eigenvalue weighted by Crippen LogP contribution is -2.28. The number of carbonyl (C=O) groups excluding carboxylic acids is 1. The van der Waals surface area contributed by atoms with E-state index in [4.69, 9.17) is 0 Å². The standard InChI is InChI=1S/C19H19BrF3N5O/c1-11-15(12(2)28(25-11)14-7-5-4-6-8-14)9-24-16(29)10-27-13(3)17(20)18(26-27)19(21,22)23/h4-8H,9-10H2,1-3H3,(H,24,29). The van der Waals surface area contributed by atoms with Gasteiger partial charge in [-0.2, -0.15) is 23.4 Å². The lowest BCUT2D eigenvalue weighted by molar-refractivity contribution is -0.142. The first kappa shape index (κ1) is 21.1. The van der Waals surface area contributed by atoms with E-state index < -0.39 is 17.8 Å². The number of hydrogen-bond donors (Lipinski definition) is 1. The molecule has 0 spiro atoms. The van der Waals surface area contributed by atoms with Crippen LogP contribution in [-0.2, 0) is 24.1 Å². The summed E-state index contributed by atoms with van der Waals surface area (Å²) >= 11 is 2.90. The number of carbonyl (C=O) groups is 1. The SMILES string of the molecule is Cc1nn(-c2ccccc2)c(C)c1CNC(=O)Cn1nc(C(F)(F)F)c(Br)c1C. The van der Waals surface area contributed by atoms with Crippen molar-refractivity contribution in [3.05, 3.63) is 63.1 Å². The van der Waals surface area contributed by atoms with Gasteiger partial charge in [-0.25, -0.2) is 4.68 Å². The lowest BCUT2D eigenvalue weighted by atomic mass is 10.2. The van der Waals surface area contributed by atoms with Crippen molar-refractivity contribution >= 4 is 21.8 Å². The molecule has 154 valence electrons. The topological polar surface area (TPSA) is 64.7 Å². The molecule has 0 saturated heterocycles. The van der Waals surface area contributed by atoms with E-state index in [2.05, 4.69) is 31.4 Å². The molecule has 0 aliphatic carbocycles. The van der Waals surface area contributed by atoms with Crippen molar-refractivity contribution in [2.24, 2.45) is 0 Å². The van der Waals surface area contributed by atoms with Crippen molar-refractivity contribution < 1.29 is 18.0 Å². The zero-order chi connectivity index (χ0) is 21.3. The molecule has 0 fully saturated rings. The Labute approximate surface area is 173 Å². The van der Waals surface area contributed by atoms with Crippen molar-refractivity contribution in [2.75, 3.05) is 0 Å². The third-order valence-corrected chi connectivity index (χ3v) is 5.55. The largest absolute Gasteiger partial charge is 0.436 e. The lowest BCUT2D eigenvalue weighted by Gasteiger charge is -2.08. The summed E-state index contributed by atoms with van der Waals surface area (Å²) in [6.45, 7) is 5.12. The van der Waals surface area contributed by atoms with Crippen LogP contribution in [0.1, 0.15) is 28.3 Å². The smallest absolute Gasteiger partial charge is 0.350 e. The van der Waals surface area contributed by atoms with Gasteiger partial charge in [0.15, 0.2) is 5.69 Å². The number of benzene rings is 1. The summed E-state index contributed by atoms with van der Waals surface area (Å²) in [6, 6.07) is 9.59. The summed E-state index contributed by atoms with van der Waals surface area (Å²) in [6.07, 6.45) is -4.59. The number of rotatable bonds is 5. The first-order valence-electron chi connectivity index (χ1n) is 8.77. The second kappa shape index (κ2) is 8.02. The maximum absolute atomic E-state index is 13.0. The maximum atomic E-state index is 13.0. The van der Waals surface area contributed by atoms with Crippen LogP contribution in [0.5, 0.6) is 0 Å². The molecule has 0 aliphatic heterocycles. The van der Waals surface area contributed by atoms with Crippen molar-refractivity contribution in [3.63, 3.8) is 0 Å². The highest BCUT2D eigenvalue weighted by Gasteiger charge is 2.38. The zero-order valence-electron chi connectivity index (χ0n) is 16.0. The van der Waals surface area contributed by atoms with Crippen molar-refractivity contribution in [2.45, 2.75) is 40.0 Å². The number of alkyl halides is 3. The summed E-state index contributed by atoms with van der Waals surface area (Å²) in [7, 11) is 0. The molecular weight excluding hydrogens is 451 g/mol. The van der Waals surface area contributed by atoms with E-state index in [0.717, 1.165) is 27.3 Å². The highest BCUT2D eigenvalue weighted by atomic mass is 79.9. The molecule has 3 aromatic rings. The van der Waals surface area contributed by atoms with Crippen LogP contribution in [0.3, 0.4) is 0 Å². The molecule has 0 unspecified atom stereocenters. The Morgan fingerprint density at radius 2 is 1.76 bits per heavy atom. The highest BCUT2D eigenvalue weighted by Crippen LogP contribution is 2.35. The van der Waals surface area contributed by atoms with Crippen LogP contribution < -0.4 is 5.32 Å². The molecule has 0 atom stereocenters. The van der Waals surface area contributed by atoms with E-state index >= 15 is 0 Å². The van der Waals surface area contributed by atoms with Gasteiger partial charge in [-0.3, -0.25) is 9.48 Å². The summed E-state index contributed by atoms with van der Waals surface area (Å²) in [4.78, 5) is 12.3.